The number of hydrogen-bond acceptors (Lipinski definition) is 4. The molecule has 2 saturated heterocycles. The van der Waals surface area contributed by atoms with E-state index in [1.807, 2.05) is 0 Å². The zero-order valence-corrected chi connectivity index (χ0v) is 13.7. The van der Waals surface area contributed by atoms with Gasteiger partial charge in [-0.25, -0.2) is 4.79 Å². The predicted molar refractivity (Wildman–Crippen MR) is 86.7 cm³/mol. The number of imide groups is 1. The fourth-order valence-corrected chi connectivity index (χ4v) is 3.22. The first-order valence-corrected chi connectivity index (χ1v) is 8.07. The van der Waals surface area contributed by atoms with Crippen molar-refractivity contribution in [1.82, 2.24) is 15.5 Å². The normalized spacial score (nSPS) is 24.0. The molecule has 1 aromatic carbocycles. The van der Waals surface area contributed by atoms with E-state index in [2.05, 4.69) is 10.6 Å². The monoisotopic (exact) mass is 345 g/mol. The Hall–Kier alpha value is -2.90. The molecule has 3 N–H and O–H groups in total. The third-order valence-corrected chi connectivity index (χ3v) is 4.86. The van der Waals surface area contributed by atoms with Crippen LogP contribution >= 0.6 is 0 Å². The summed E-state index contributed by atoms with van der Waals surface area (Å²) in [6.45, 7) is 2.35. The van der Waals surface area contributed by atoms with Crippen LogP contribution in [0.2, 0.25) is 0 Å². The Morgan fingerprint density at radius 1 is 1.24 bits per heavy atom. The number of urea groups is 1. The van der Waals surface area contributed by atoms with Gasteiger partial charge in [0.2, 0.25) is 0 Å². The molecule has 1 aromatic rings. The van der Waals surface area contributed by atoms with Crippen molar-refractivity contribution in [3.05, 3.63) is 35.4 Å². The Kier molecular flexibility index (Phi) is 4.20. The summed E-state index contributed by atoms with van der Waals surface area (Å²) in [6.07, 6.45) is 0.855. The molecule has 2 aliphatic rings. The maximum atomic E-state index is 12.7. The zero-order chi connectivity index (χ0) is 18.2. The molecule has 0 bridgehead atoms. The number of nitrogens with one attached hydrogen (secondary N) is 2. The number of carbonyl (C=O) groups excluding carboxylic acids is 3. The molecule has 3 rings (SSSR count). The van der Waals surface area contributed by atoms with Crippen LogP contribution in [0.25, 0.3) is 0 Å². The predicted octanol–water partition coefficient (Wildman–Crippen LogP) is 0.678. The number of likely N-dealkylation sites (tertiary alicyclic amines) is 1. The second kappa shape index (κ2) is 6.19. The Morgan fingerprint density at radius 2 is 1.92 bits per heavy atom. The largest absolute Gasteiger partial charge is 0.481 e. The van der Waals surface area contributed by atoms with Crippen molar-refractivity contribution in [2.45, 2.75) is 25.3 Å². The fourth-order valence-electron chi connectivity index (χ4n) is 3.22. The van der Waals surface area contributed by atoms with Crippen molar-refractivity contribution in [2.75, 3.05) is 13.1 Å². The molecule has 0 radical (unpaired) electrons. The average molecular weight is 345 g/mol. The lowest BCUT2D eigenvalue weighted by Crippen LogP contribution is -2.42. The van der Waals surface area contributed by atoms with E-state index < -0.39 is 29.4 Å². The lowest BCUT2D eigenvalue weighted by molar-refractivity contribution is -0.143. The third kappa shape index (κ3) is 3.07. The highest BCUT2D eigenvalue weighted by atomic mass is 16.4. The third-order valence-electron chi connectivity index (χ3n) is 4.86. The van der Waals surface area contributed by atoms with Crippen molar-refractivity contribution in [3.8, 4) is 0 Å². The molecule has 2 fully saturated rings. The molecule has 0 saturated carbocycles. The van der Waals surface area contributed by atoms with E-state index in [-0.39, 0.29) is 5.91 Å². The number of hydrogen-bond donors (Lipinski definition) is 3. The van der Waals surface area contributed by atoms with E-state index in [0.717, 1.165) is 0 Å². The molecule has 2 aliphatic heterocycles. The Balaban J connectivity index is 1.78. The molecular formula is C17H19N3O5. The van der Waals surface area contributed by atoms with E-state index in [9.17, 15) is 19.2 Å². The number of piperidine rings is 1. The van der Waals surface area contributed by atoms with Crippen molar-refractivity contribution < 1.29 is 24.3 Å². The summed E-state index contributed by atoms with van der Waals surface area (Å²) in [6, 6.07) is 6.01. The summed E-state index contributed by atoms with van der Waals surface area (Å²) in [5, 5.41) is 13.8. The first kappa shape index (κ1) is 16.9. The van der Waals surface area contributed by atoms with Gasteiger partial charge in [-0.2, -0.15) is 0 Å². The van der Waals surface area contributed by atoms with E-state index in [0.29, 0.717) is 37.1 Å². The molecule has 1 unspecified atom stereocenters. The Morgan fingerprint density at radius 3 is 2.48 bits per heavy atom. The molecule has 2 heterocycles. The molecule has 0 aliphatic carbocycles. The van der Waals surface area contributed by atoms with Gasteiger partial charge in [-0.05, 0) is 37.5 Å². The topological polar surface area (TPSA) is 116 Å². The Bertz CT molecular complexity index is 754. The number of amides is 4. The molecular weight excluding hydrogens is 326 g/mol. The van der Waals surface area contributed by atoms with Gasteiger partial charge in [0.15, 0.2) is 0 Å². The van der Waals surface area contributed by atoms with E-state index >= 15 is 0 Å². The Labute approximate surface area is 144 Å². The van der Waals surface area contributed by atoms with Crippen LogP contribution in [0.4, 0.5) is 4.79 Å². The van der Waals surface area contributed by atoms with E-state index in [4.69, 9.17) is 5.11 Å². The van der Waals surface area contributed by atoms with Gasteiger partial charge in [0.25, 0.3) is 11.8 Å². The number of benzene rings is 1. The van der Waals surface area contributed by atoms with Gasteiger partial charge in [0.05, 0.1) is 5.92 Å². The van der Waals surface area contributed by atoms with Crippen LogP contribution in [0, 0.1) is 5.92 Å². The molecule has 8 nitrogen and oxygen atoms in total. The molecule has 0 spiro atoms. The second-order valence-corrected chi connectivity index (χ2v) is 6.52. The molecule has 132 valence electrons. The van der Waals surface area contributed by atoms with Gasteiger partial charge in [-0.1, -0.05) is 12.1 Å². The summed E-state index contributed by atoms with van der Waals surface area (Å²) in [7, 11) is 0. The van der Waals surface area contributed by atoms with Gasteiger partial charge in [0.1, 0.15) is 5.54 Å². The summed E-state index contributed by atoms with van der Waals surface area (Å²) < 4.78 is 0. The lowest BCUT2D eigenvalue weighted by atomic mass is 9.90. The zero-order valence-electron chi connectivity index (χ0n) is 13.7. The highest BCUT2D eigenvalue weighted by Crippen LogP contribution is 2.26. The standard InChI is InChI=1S/C17H19N3O5/c1-17(15(24)18-16(25)19-17)12-4-2-3-11(9-12)13(21)20-7-5-10(6-8-20)14(22)23/h2-4,9-10H,5-8H2,1H3,(H,22,23)(H2,18,19,24,25). The summed E-state index contributed by atoms with van der Waals surface area (Å²) in [5.41, 5.74) is -0.299. The molecule has 25 heavy (non-hydrogen) atoms. The minimum absolute atomic E-state index is 0.209. The van der Waals surface area contributed by atoms with E-state index in [1.165, 1.54) is 0 Å². The maximum Gasteiger partial charge on any atom is 0.322 e. The van der Waals surface area contributed by atoms with Gasteiger partial charge < -0.3 is 15.3 Å². The van der Waals surface area contributed by atoms with Crippen LogP contribution in [0.5, 0.6) is 0 Å². The van der Waals surface area contributed by atoms with Gasteiger partial charge in [-0.3, -0.25) is 19.7 Å². The van der Waals surface area contributed by atoms with Crippen LogP contribution < -0.4 is 10.6 Å². The summed E-state index contributed by atoms with van der Waals surface area (Å²) >= 11 is 0. The molecule has 0 aromatic heterocycles. The van der Waals surface area contributed by atoms with Crippen LogP contribution in [-0.4, -0.2) is 46.9 Å². The van der Waals surface area contributed by atoms with Crippen molar-refractivity contribution in [1.29, 1.82) is 0 Å². The average Bonchev–Trinajstić information content (AvgIpc) is 2.87. The number of rotatable bonds is 3. The first-order chi connectivity index (χ1) is 11.8. The minimum atomic E-state index is -1.22. The van der Waals surface area contributed by atoms with Crippen molar-refractivity contribution >= 4 is 23.8 Å². The lowest BCUT2D eigenvalue weighted by Gasteiger charge is -2.30. The van der Waals surface area contributed by atoms with Crippen molar-refractivity contribution in [3.63, 3.8) is 0 Å². The quantitative estimate of drug-likeness (QED) is 0.697. The molecule has 8 heteroatoms. The fraction of sp³-hybridized carbons (Fsp3) is 0.412. The van der Waals surface area contributed by atoms with Gasteiger partial charge in [0, 0.05) is 18.7 Å². The molecule has 4 amide bonds. The number of nitrogens with zero attached hydrogens (tertiary/aromatic N) is 1. The summed E-state index contributed by atoms with van der Waals surface area (Å²) in [4.78, 5) is 48.8. The van der Waals surface area contributed by atoms with Crippen LogP contribution in [0.15, 0.2) is 24.3 Å². The minimum Gasteiger partial charge on any atom is -0.481 e. The van der Waals surface area contributed by atoms with Crippen LogP contribution in [0.3, 0.4) is 0 Å². The maximum absolute atomic E-state index is 12.7. The SMILES string of the molecule is CC1(c2cccc(C(=O)N3CCC(C(=O)O)CC3)c2)NC(=O)NC1=O. The first-order valence-electron chi connectivity index (χ1n) is 8.07. The van der Waals surface area contributed by atoms with Crippen molar-refractivity contribution in [2.24, 2.45) is 5.92 Å². The van der Waals surface area contributed by atoms with E-state index in [1.54, 1.807) is 36.1 Å². The van der Waals surface area contributed by atoms with Gasteiger partial charge in [-0.15, -0.1) is 0 Å². The van der Waals surface area contributed by atoms with Crippen LogP contribution in [0.1, 0.15) is 35.7 Å². The smallest absolute Gasteiger partial charge is 0.322 e. The number of carboxylic acids is 1. The number of aliphatic carboxylic acids is 1. The number of carboxylic acid groups (broad SMARTS) is 1. The summed E-state index contributed by atoms with van der Waals surface area (Å²) in [5.74, 6) is -1.92. The second-order valence-electron chi connectivity index (χ2n) is 6.52. The molecule has 1 atom stereocenters. The number of carbonyl (C=O) groups is 4. The highest BCUT2D eigenvalue weighted by Gasteiger charge is 2.43. The van der Waals surface area contributed by atoms with Gasteiger partial charge >= 0.3 is 12.0 Å². The highest BCUT2D eigenvalue weighted by molar-refractivity contribution is 6.07. The van der Waals surface area contributed by atoms with Crippen LogP contribution in [-0.2, 0) is 15.1 Å².